The minimum Gasteiger partial charge on any atom is -0.385 e. The Balaban J connectivity index is 2.67. The Labute approximate surface area is 119 Å². The second-order valence-electron chi connectivity index (χ2n) is 5.38. The second-order valence-corrected chi connectivity index (χ2v) is 5.72. The van der Waals surface area contributed by atoms with Gasteiger partial charge in [0.1, 0.15) is 0 Å². The molecule has 0 aliphatic rings. The van der Waals surface area contributed by atoms with Crippen molar-refractivity contribution in [1.82, 2.24) is 15.0 Å². The molecule has 1 heterocycles. The summed E-state index contributed by atoms with van der Waals surface area (Å²) in [4.78, 5) is 14.2. The van der Waals surface area contributed by atoms with Crippen LogP contribution >= 0.6 is 11.6 Å². The average molecular weight is 288 g/mol. The first-order valence-corrected chi connectivity index (χ1v) is 6.53. The van der Waals surface area contributed by atoms with Crippen molar-refractivity contribution in [2.24, 2.45) is 5.41 Å². The molecule has 108 valence electrons. The van der Waals surface area contributed by atoms with Gasteiger partial charge in [-0.15, -0.1) is 0 Å². The van der Waals surface area contributed by atoms with Gasteiger partial charge in [-0.25, -0.2) is 0 Å². The van der Waals surface area contributed by atoms with E-state index in [0.29, 0.717) is 11.9 Å². The fraction of sp³-hybridized carbons (Fsp3) is 0.750. The fourth-order valence-electron chi connectivity index (χ4n) is 1.40. The Morgan fingerprint density at radius 3 is 2.53 bits per heavy atom. The van der Waals surface area contributed by atoms with Gasteiger partial charge in [0, 0.05) is 34.4 Å². The molecule has 0 spiro atoms. The normalized spacial score (nSPS) is 11.5. The number of hydrogen-bond donors (Lipinski definition) is 1. The zero-order chi connectivity index (χ0) is 14.5. The molecule has 0 aliphatic carbocycles. The number of hydrogen-bond acceptors (Lipinski definition) is 6. The van der Waals surface area contributed by atoms with Crippen LogP contribution in [0.15, 0.2) is 0 Å². The summed E-state index contributed by atoms with van der Waals surface area (Å²) in [7, 11) is 5.43. The maximum atomic E-state index is 5.88. The fourth-order valence-corrected chi connectivity index (χ4v) is 1.56. The zero-order valence-corrected chi connectivity index (χ0v) is 13.0. The molecule has 1 aromatic rings. The lowest BCUT2D eigenvalue weighted by atomic mass is 9.90. The molecule has 1 rings (SSSR count). The summed E-state index contributed by atoms with van der Waals surface area (Å²) in [6.07, 6.45) is 0.954. The maximum absolute atomic E-state index is 5.88. The monoisotopic (exact) mass is 287 g/mol. The van der Waals surface area contributed by atoms with Gasteiger partial charge in [-0.3, -0.25) is 0 Å². The predicted molar refractivity (Wildman–Crippen MR) is 77.9 cm³/mol. The molecule has 19 heavy (non-hydrogen) atoms. The summed E-state index contributed by atoms with van der Waals surface area (Å²) < 4.78 is 5.10. The molecule has 1 N–H and O–H groups in total. The number of anilines is 2. The van der Waals surface area contributed by atoms with E-state index < -0.39 is 0 Å². The van der Waals surface area contributed by atoms with Crippen molar-refractivity contribution >= 4 is 23.5 Å². The van der Waals surface area contributed by atoms with Gasteiger partial charge in [-0.2, -0.15) is 15.0 Å². The molecule has 0 saturated heterocycles. The van der Waals surface area contributed by atoms with Crippen LogP contribution in [0.2, 0.25) is 5.28 Å². The number of ether oxygens (including phenoxy) is 1. The highest BCUT2D eigenvalue weighted by molar-refractivity contribution is 6.28. The molecule has 0 aromatic carbocycles. The Hall–Kier alpha value is -1.14. The topological polar surface area (TPSA) is 63.2 Å². The molecule has 0 bridgehead atoms. The smallest absolute Gasteiger partial charge is 0.230 e. The van der Waals surface area contributed by atoms with Crippen LogP contribution in [-0.2, 0) is 4.74 Å². The Morgan fingerprint density at radius 1 is 1.26 bits per heavy atom. The lowest BCUT2D eigenvalue weighted by molar-refractivity contribution is 0.157. The molecular weight excluding hydrogens is 266 g/mol. The molecule has 0 unspecified atom stereocenters. The van der Waals surface area contributed by atoms with E-state index in [2.05, 4.69) is 34.1 Å². The molecule has 0 atom stereocenters. The van der Waals surface area contributed by atoms with Gasteiger partial charge in [0.05, 0.1) is 0 Å². The van der Waals surface area contributed by atoms with Crippen LogP contribution in [0.25, 0.3) is 0 Å². The van der Waals surface area contributed by atoms with E-state index in [1.54, 1.807) is 12.0 Å². The van der Waals surface area contributed by atoms with E-state index in [-0.39, 0.29) is 10.7 Å². The lowest BCUT2D eigenvalue weighted by Gasteiger charge is -2.24. The van der Waals surface area contributed by atoms with Crippen molar-refractivity contribution in [3.05, 3.63) is 5.28 Å². The third-order valence-electron chi connectivity index (χ3n) is 2.70. The van der Waals surface area contributed by atoms with E-state index in [1.807, 2.05) is 14.1 Å². The van der Waals surface area contributed by atoms with Crippen LogP contribution in [0, 0.1) is 5.41 Å². The highest BCUT2D eigenvalue weighted by Crippen LogP contribution is 2.21. The molecule has 0 saturated carbocycles. The van der Waals surface area contributed by atoms with Crippen molar-refractivity contribution in [1.29, 1.82) is 0 Å². The maximum Gasteiger partial charge on any atom is 0.230 e. The molecular formula is C12H22ClN5O. The number of methoxy groups -OCH3 is 1. The number of aromatic nitrogens is 3. The van der Waals surface area contributed by atoms with Crippen LogP contribution < -0.4 is 10.2 Å². The molecule has 6 nitrogen and oxygen atoms in total. The highest BCUT2D eigenvalue weighted by Gasteiger charge is 2.18. The Kier molecular flexibility index (Phi) is 5.75. The van der Waals surface area contributed by atoms with Crippen LogP contribution in [0.3, 0.4) is 0 Å². The second kappa shape index (κ2) is 6.86. The first kappa shape index (κ1) is 15.9. The Morgan fingerprint density at radius 2 is 1.95 bits per heavy atom. The Bertz CT molecular complexity index is 411. The lowest BCUT2D eigenvalue weighted by Crippen LogP contribution is -2.26. The quantitative estimate of drug-likeness (QED) is 0.828. The van der Waals surface area contributed by atoms with Crippen molar-refractivity contribution in [3.8, 4) is 0 Å². The van der Waals surface area contributed by atoms with Crippen molar-refractivity contribution in [2.75, 3.05) is 44.6 Å². The third-order valence-corrected chi connectivity index (χ3v) is 2.87. The van der Waals surface area contributed by atoms with Crippen LogP contribution in [0.4, 0.5) is 11.9 Å². The molecule has 0 aliphatic heterocycles. The van der Waals surface area contributed by atoms with Gasteiger partial charge in [-0.1, -0.05) is 13.8 Å². The molecule has 1 aromatic heterocycles. The average Bonchev–Trinajstić information content (AvgIpc) is 2.33. The van der Waals surface area contributed by atoms with Gasteiger partial charge < -0.3 is 15.0 Å². The van der Waals surface area contributed by atoms with Crippen LogP contribution in [0.5, 0.6) is 0 Å². The van der Waals surface area contributed by atoms with Gasteiger partial charge in [0.25, 0.3) is 0 Å². The summed E-state index contributed by atoms with van der Waals surface area (Å²) in [5, 5.41) is 3.39. The predicted octanol–water partition coefficient (Wildman–Crippen LogP) is 2.07. The highest BCUT2D eigenvalue weighted by atomic mass is 35.5. The number of halogens is 1. The summed E-state index contributed by atoms with van der Waals surface area (Å²) in [5.41, 5.74) is 0.0907. The number of nitrogens with one attached hydrogen (secondary N) is 1. The molecule has 0 radical (unpaired) electrons. The summed E-state index contributed by atoms with van der Waals surface area (Å²) in [6.45, 7) is 5.79. The van der Waals surface area contributed by atoms with Gasteiger partial charge in [-0.05, 0) is 23.4 Å². The minimum absolute atomic E-state index is 0.0907. The molecule has 7 heteroatoms. The first-order chi connectivity index (χ1) is 8.84. The third kappa shape index (κ3) is 5.57. The van der Waals surface area contributed by atoms with E-state index in [9.17, 15) is 0 Å². The molecule has 0 fully saturated rings. The standard InChI is InChI=1S/C12H22ClN5O/c1-12(2,6-7-19-5)8-14-10-15-9(13)16-11(17-10)18(3)4/h6-8H2,1-5H3,(H,14,15,16,17). The largest absolute Gasteiger partial charge is 0.385 e. The zero-order valence-electron chi connectivity index (χ0n) is 12.2. The van der Waals surface area contributed by atoms with E-state index in [4.69, 9.17) is 16.3 Å². The van der Waals surface area contributed by atoms with Crippen molar-refractivity contribution in [2.45, 2.75) is 20.3 Å². The minimum atomic E-state index is 0.0907. The summed E-state index contributed by atoms with van der Waals surface area (Å²) in [6, 6.07) is 0. The number of rotatable bonds is 7. The van der Waals surface area contributed by atoms with Crippen molar-refractivity contribution in [3.63, 3.8) is 0 Å². The number of nitrogens with zero attached hydrogens (tertiary/aromatic N) is 4. The van der Waals surface area contributed by atoms with E-state index in [1.165, 1.54) is 0 Å². The first-order valence-electron chi connectivity index (χ1n) is 6.16. The molecule has 0 amide bonds. The van der Waals surface area contributed by atoms with E-state index in [0.717, 1.165) is 19.6 Å². The summed E-state index contributed by atoms with van der Waals surface area (Å²) >= 11 is 5.88. The van der Waals surface area contributed by atoms with Gasteiger partial charge >= 0.3 is 0 Å². The van der Waals surface area contributed by atoms with Gasteiger partial charge in [0.15, 0.2) is 0 Å². The van der Waals surface area contributed by atoms with E-state index >= 15 is 0 Å². The van der Waals surface area contributed by atoms with Gasteiger partial charge in [0.2, 0.25) is 17.2 Å². The summed E-state index contributed by atoms with van der Waals surface area (Å²) in [5.74, 6) is 1.03. The van der Waals surface area contributed by atoms with Crippen molar-refractivity contribution < 1.29 is 4.74 Å². The SMILES string of the molecule is COCCC(C)(C)CNc1nc(Cl)nc(N(C)C)n1. The van der Waals surface area contributed by atoms with Crippen LogP contribution in [-0.4, -0.2) is 49.3 Å². The van der Waals surface area contributed by atoms with Crippen LogP contribution in [0.1, 0.15) is 20.3 Å².